The monoisotopic (exact) mass is 445 g/mol. The zero-order valence-corrected chi connectivity index (χ0v) is 18.4. The SMILES string of the molecule is COC(=O)[C@H](CC[S@](=O)c1ccccc1)NC(=O)c1c2ccccc2cc2ccccc12. The van der Waals surface area contributed by atoms with E-state index in [0.717, 1.165) is 21.5 Å². The van der Waals surface area contributed by atoms with Gasteiger partial charge >= 0.3 is 5.97 Å². The van der Waals surface area contributed by atoms with Crippen LogP contribution in [0.15, 0.2) is 89.8 Å². The van der Waals surface area contributed by atoms with Crippen LogP contribution in [0.4, 0.5) is 0 Å². The summed E-state index contributed by atoms with van der Waals surface area (Å²) in [5, 5.41) is 6.32. The Morgan fingerprint density at radius 3 is 2.03 bits per heavy atom. The van der Waals surface area contributed by atoms with Crippen LogP contribution in [0.1, 0.15) is 16.8 Å². The van der Waals surface area contributed by atoms with Crippen LogP contribution in [0.5, 0.6) is 0 Å². The molecule has 0 spiro atoms. The van der Waals surface area contributed by atoms with Gasteiger partial charge in [0, 0.05) is 10.6 Å². The van der Waals surface area contributed by atoms with Gasteiger partial charge in [-0.25, -0.2) is 4.79 Å². The van der Waals surface area contributed by atoms with Crippen LogP contribution in [-0.4, -0.2) is 35.0 Å². The molecule has 4 rings (SSSR count). The number of rotatable bonds is 7. The van der Waals surface area contributed by atoms with Crippen molar-refractivity contribution in [2.45, 2.75) is 17.4 Å². The summed E-state index contributed by atoms with van der Waals surface area (Å²) in [6.07, 6.45) is 0.197. The number of esters is 1. The fourth-order valence-corrected chi connectivity index (χ4v) is 4.94. The van der Waals surface area contributed by atoms with Crippen molar-refractivity contribution in [2.24, 2.45) is 0 Å². The predicted octanol–water partition coefficient (Wildman–Crippen LogP) is 4.46. The Labute approximate surface area is 188 Å². The molecule has 5 nitrogen and oxygen atoms in total. The average molecular weight is 446 g/mol. The van der Waals surface area contributed by atoms with E-state index >= 15 is 0 Å². The molecule has 1 amide bonds. The van der Waals surface area contributed by atoms with Crippen LogP contribution in [0, 0.1) is 0 Å². The molecule has 0 aliphatic heterocycles. The van der Waals surface area contributed by atoms with E-state index in [1.54, 1.807) is 12.1 Å². The van der Waals surface area contributed by atoms with E-state index in [9.17, 15) is 13.8 Å². The van der Waals surface area contributed by atoms with Gasteiger partial charge in [-0.2, -0.15) is 0 Å². The first-order valence-electron chi connectivity index (χ1n) is 10.3. The predicted molar refractivity (Wildman–Crippen MR) is 127 cm³/mol. The molecule has 0 aliphatic carbocycles. The van der Waals surface area contributed by atoms with E-state index in [-0.39, 0.29) is 18.1 Å². The fourth-order valence-electron chi connectivity index (χ4n) is 3.79. The molecule has 0 unspecified atom stereocenters. The molecule has 4 aromatic rings. The normalized spacial score (nSPS) is 12.9. The van der Waals surface area contributed by atoms with Gasteiger partial charge in [0.15, 0.2) is 0 Å². The average Bonchev–Trinajstić information content (AvgIpc) is 2.84. The molecule has 0 bridgehead atoms. The number of amides is 1. The number of carbonyl (C=O) groups excluding carboxylic acids is 2. The van der Waals surface area contributed by atoms with Gasteiger partial charge in [-0.05, 0) is 46.2 Å². The lowest BCUT2D eigenvalue weighted by Gasteiger charge is -2.18. The fraction of sp³-hybridized carbons (Fsp3) is 0.154. The minimum atomic E-state index is -1.29. The van der Waals surface area contributed by atoms with Crippen LogP contribution < -0.4 is 5.32 Å². The third-order valence-electron chi connectivity index (χ3n) is 5.39. The van der Waals surface area contributed by atoms with Crippen molar-refractivity contribution in [1.29, 1.82) is 0 Å². The Morgan fingerprint density at radius 2 is 1.44 bits per heavy atom. The molecule has 32 heavy (non-hydrogen) atoms. The lowest BCUT2D eigenvalue weighted by molar-refractivity contribution is -0.142. The Hall–Kier alpha value is -3.51. The van der Waals surface area contributed by atoms with Crippen LogP contribution in [0.25, 0.3) is 21.5 Å². The third kappa shape index (κ3) is 4.55. The molecular formula is C26H23NO4S. The zero-order chi connectivity index (χ0) is 22.5. The number of hydrogen-bond donors (Lipinski definition) is 1. The largest absolute Gasteiger partial charge is 0.467 e. The van der Waals surface area contributed by atoms with E-state index in [0.29, 0.717) is 10.5 Å². The van der Waals surface area contributed by atoms with Crippen molar-refractivity contribution in [2.75, 3.05) is 12.9 Å². The maximum Gasteiger partial charge on any atom is 0.328 e. The molecular weight excluding hydrogens is 422 g/mol. The van der Waals surface area contributed by atoms with Gasteiger partial charge in [-0.1, -0.05) is 66.7 Å². The van der Waals surface area contributed by atoms with Gasteiger partial charge in [0.05, 0.1) is 23.5 Å². The first-order chi connectivity index (χ1) is 15.6. The van der Waals surface area contributed by atoms with E-state index in [1.165, 1.54) is 7.11 Å². The minimum Gasteiger partial charge on any atom is -0.467 e. The lowest BCUT2D eigenvalue weighted by atomic mass is 9.96. The number of fused-ring (bicyclic) bond motifs is 2. The van der Waals surface area contributed by atoms with Gasteiger partial charge in [0.2, 0.25) is 0 Å². The quantitative estimate of drug-likeness (QED) is 0.337. The number of nitrogens with one attached hydrogen (secondary N) is 1. The second kappa shape index (κ2) is 9.75. The molecule has 6 heteroatoms. The second-order valence-corrected chi connectivity index (χ2v) is 8.97. The summed E-state index contributed by atoms with van der Waals surface area (Å²) in [5.41, 5.74) is 0.511. The highest BCUT2D eigenvalue weighted by molar-refractivity contribution is 7.85. The highest BCUT2D eigenvalue weighted by atomic mass is 32.2. The summed E-state index contributed by atoms with van der Waals surface area (Å²) in [7, 11) is -0.00471. The highest BCUT2D eigenvalue weighted by Gasteiger charge is 2.25. The van der Waals surface area contributed by atoms with E-state index in [1.807, 2.05) is 72.8 Å². The molecule has 0 saturated carbocycles. The molecule has 0 saturated heterocycles. The lowest BCUT2D eigenvalue weighted by Crippen LogP contribution is -2.42. The second-order valence-electron chi connectivity index (χ2n) is 7.39. The maximum atomic E-state index is 13.4. The first kappa shape index (κ1) is 21.7. The van der Waals surface area contributed by atoms with Crippen LogP contribution >= 0.6 is 0 Å². The number of benzene rings is 4. The van der Waals surface area contributed by atoms with Crippen LogP contribution in [-0.2, 0) is 20.3 Å². The van der Waals surface area contributed by atoms with Gasteiger partial charge in [0.1, 0.15) is 6.04 Å². The number of methoxy groups -OCH3 is 1. The van der Waals surface area contributed by atoms with Crippen molar-refractivity contribution in [3.8, 4) is 0 Å². The van der Waals surface area contributed by atoms with Gasteiger partial charge in [-0.15, -0.1) is 0 Å². The van der Waals surface area contributed by atoms with Gasteiger partial charge in [0.25, 0.3) is 5.91 Å². The topological polar surface area (TPSA) is 72.5 Å². The molecule has 0 fully saturated rings. The molecule has 4 aromatic carbocycles. The Balaban J connectivity index is 1.63. The van der Waals surface area contributed by atoms with Gasteiger partial charge < -0.3 is 10.1 Å². The van der Waals surface area contributed by atoms with E-state index < -0.39 is 22.8 Å². The molecule has 0 aromatic heterocycles. The van der Waals surface area contributed by atoms with Crippen molar-refractivity contribution >= 4 is 44.2 Å². The molecule has 0 heterocycles. The van der Waals surface area contributed by atoms with Crippen molar-refractivity contribution in [1.82, 2.24) is 5.32 Å². The van der Waals surface area contributed by atoms with Crippen LogP contribution in [0.2, 0.25) is 0 Å². The van der Waals surface area contributed by atoms with Gasteiger partial charge in [-0.3, -0.25) is 9.00 Å². The smallest absolute Gasteiger partial charge is 0.328 e. The standard InChI is InChI=1S/C26H23NO4S/c1-31-26(29)23(15-16-32(30)20-11-3-2-4-12-20)27-25(28)24-21-13-7-5-9-18(21)17-19-10-6-8-14-22(19)24/h2-14,17,23H,15-16H2,1H3,(H,27,28)/t23-,32-/m0/s1. The summed E-state index contributed by atoms with van der Waals surface area (Å²) in [5.74, 6) is -0.702. The van der Waals surface area contributed by atoms with E-state index in [4.69, 9.17) is 4.74 Å². The summed E-state index contributed by atoms with van der Waals surface area (Å²) in [6, 6.07) is 25.5. The Bertz CT molecular complexity index is 1250. The Morgan fingerprint density at radius 1 is 0.875 bits per heavy atom. The summed E-state index contributed by atoms with van der Waals surface area (Å²) >= 11 is 0. The molecule has 0 aliphatic rings. The summed E-state index contributed by atoms with van der Waals surface area (Å²) in [6.45, 7) is 0. The summed E-state index contributed by atoms with van der Waals surface area (Å²) in [4.78, 5) is 26.5. The zero-order valence-electron chi connectivity index (χ0n) is 17.6. The molecule has 162 valence electrons. The third-order valence-corrected chi connectivity index (χ3v) is 6.79. The number of hydrogen-bond acceptors (Lipinski definition) is 4. The molecule has 0 radical (unpaired) electrons. The van der Waals surface area contributed by atoms with Crippen molar-refractivity contribution < 1.29 is 18.5 Å². The first-order valence-corrected chi connectivity index (χ1v) is 11.6. The maximum absolute atomic E-state index is 13.4. The molecule has 1 N–H and O–H groups in total. The van der Waals surface area contributed by atoms with Crippen LogP contribution in [0.3, 0.4) is 0 Å². The number of ether oxygens (including phenoxy) is 1. The van der Waals surface area contributed by atoms with E-state index in [2.05, 4.69) is 5.32 Å². The van der Waals surface area contributed by atoms with Crippen molar-refractivity contribution in [3.05, 3.63) is 90.5 Å². The Kier molecular flexibility index (Phi) is 6.61. The highest BCUT2D eigenvalue weighted by Crippen LogP contribution is 2.28. The molecule has 2 atom stereocenters. The minimum absolute atomic E-state index is 0.197. The summed E-state index contributed by atoms with van der Waals surface area (Å²) < 4.78 is 17.5. The number of carbonyl (C=O) groups is 2. The van der Waals surface area contributed by atoms with Crippen molar-refractivity contribution in [3.63, 3.8) is 0 Å².